The van der Waals surface area contributed by atoms with Gasteiger partial charge < -0.3 is 20.1 Å². The van der Waals surface area contributed by atoms with Crippen LogP contribution in [0.5, 0.6) is 0 Å². The minimum Gasteiger partial charge on any atom is -0.381 e. The minimum atomic E-state index is 0.219. The third kappa shape index (κ3) is 6.13. The lowest BCUT2D eigenvalue weighted by Crippen LogP contribution is -2.39. The number of benzene rings is 1. The first-order valence-electron chi connectivity index (χ1n) is 8.89. The fraction of sp³-hybridized carbons (Fsp3) is 0.632. The molecule has 0 amide bonds. The first kappa shape index (κ1) is 18.7. The zero-order valence-corrected chi connectivity index (χ0v) is 15.2. The normalized spacial score (nSPS) is 19.3. The van der Waals surface area contributed by atoms with Crippen LogP contribution in [0.4, 0.5) is 0 Å². The van der Waals surface area contributed by atoms with Gasteiger partial charge in [-0.05, 0) is 37.8 Å². The number of hydrogen-bond acceptors (Lipinski definition) is 3. The molecule has 2 unspecified atom stereocenters. The third-order valence-electron chi connectivity index (χ3n) is 4.37. The van der Waals surface area contributed by atoms with Crippen LogP contribution in [0.2, 0.25) is 0 Å². The summed E-state index contributed by atoms with van der Waals surface area (Å²) in [4.78, 5) is 4.30. The molecule has 1 aromatic carbocycles. The molecular weight excluding hydrogens is 302 g/mol. The molecule has 1 aromatic rings. The highest BCUT2D eigenvalue weighted by molar-refractivity contribution is 5.80. The average Bonchev–Trinajstić information content (AvgIpc) is 3.10. The summed E-state index contributed by atoms with van der Waals surface area (Å²) in [6.07, 6.45) is 2.10. The van der Waals surface area contributed by atoms with Gasteiger partial charge in [0, 0.05) is 32.7 Å². The van der Waals surface area contributed by atoms with Gasteiger partial charge in [0.05, 0.1) is 19.3 Å². The van der Waals surface area contributed by atoms with Crippen LogP contribution >= 0.6 is 0 Å². The predicted molar refractivity (Wildman–Crippen MR) is 98.5 cm³/mol. The molecule has 2 rings (SSSR count). The Labute approximate surface area is 145 Å². The van der Waals surface area contributed by atoms with Crippen LogP contribution in [0.1, 0.15) is 36.9 Å². The average molecular weight is 333 g/mol. The molecule has 1 aliphatic rings. The number of aliphatic imine (C=N–C) groups is 1. The Balaban J connectivity index is 1.62. The highest BCUT2D eigenvalue weighted by atomic mass is 16.5. The van der Waals surface area contributed by atoms with Crippen molar-refractivity contribution in [3.63, 3.8) is 0 Å². The topological polar surface area (TPSA) is 54.9 Å². The van der Waals surface area contributed by atoms with Crippen molar-refractivity contribution in [1.29, 1.82) is 0 Å². The number of hydrogen-bond donors (Lipinski definition) is 2. The minimum absolute atomic E-state index is 0.219. The molecule has 0 aliphatic carbocycles. The molecule has 0 aromatic heterocycles. The van der Waals surface area contributed by atoms with E-state index >= 15 is 0 Å². The summed E-state index contributed by atoms with van der Waals surface area (Å²) >= 11 is 0. The first-order chi connectivity index (χ1) is 11.7. The maximum atomic E-state index is 5.72. The summed E-state index contributed by atoms with van der Waals surface area (Å²) in [5, 5.41) is 6.79. The number of nitrogens with one attached hydrogen (secondary N) is 2. The lowest BCUT2D eigenvalue weighted by Gasteiger charge is -2.20. The van der Waals surface area contributed by atoms with Crippen molar-refractivity contribution in [1.82, 2.24) is 10.6 Å². The molecule has 134 valence electrons. The van der Waals surface area contributed by atoms with E-state index in [1.54, 1.807) is 7.05 Å². The quantitative estimate of drug-likeness (QED) is 0.436. The lowest BCUT2D eigenvalue weighted by atomic mass is 10.0. The van der Waals surface area contributed by atoms with E-state index in [9.17, 15) is 0 Å². The fourth-order valence-corrected chi connectivity index (χ4v) is 2.90. The number of ether oxygens (including phenoxy) is 2. The molecule has 24 heavy (non-hydrogen) atoms. The summed E-state index contributed by atoms with van der Waals surface area (Å²) < 4.78 is 11.1. The van der Waals surface area contributed by atoms with Gasteiger partial charge in [0.15, 0.2) is 5.96 Å². The van der Waals surface area contributed by atoms with Gasteiger partial charge in [0.25, 0.3) is 0 Å². The maximum absolute atomic E-state index is 5.72. The molecule has 1 fully saturated rings. The van der Waals surface area contributed by atoms with Gasteiger partial charge >= 0.3 is 0 Å². The van der Waals surface area contributed by atoms with Crippen LogP contribution < -0.4 is 10.6 Å². The summed E-state index contributed by atoms with van der Waals surface area (Å²) in [5.74, 6) is 1.41. The molecule has 1 saturated heterocycles. The van der Waals surface area contributed by atoms with Crippen LogP contribution in [0, 0.1) is 12.8 Å². The van der Waals surface area contributed by atoms with Gasteiger partial charge in [-0.25, -0.2) is 0 Å². The SMILES string of the molecule is CN=C(NCCCOCC1CCOC1)NC(C)c1ccccc1C. The molecule has 0 saturated carbocycles. The molecule has 1 heterocycles. The number of guanidine groups is 1. The Bertz CT molecular complexity index is 513. The van der Waals surface area contributed by atoms with Crippen molar-refractivity contribution < 1.29 is 9.47 Å². The van der Waals surface area contributed by atoms with Crippen LogP contribution in [-0.2, 0) is 9.47 Å². The van der Waals surface area contributed by atoms with E-state index in [2.05, 4.69) is 53.7 Å². The fourth-order valence-electron chi connectivity index (χ4n) is 2.90. The van der Waals surface area contributed by atoms with E-state index in [-0.39, 0.29) is 6.04 Å². The number of nitrogens with zero attached hydrogens (tertiary/aromatic N) is 1. The Morgan fingerprint density at radius 1 is 1.42 bits per heavy atom. The Hall–Kier alpha value is -1.59. The summed E-state index contributed by atoms with van der Waals surface area (Å²) in [5.41, 5.74) is 2.58. The van der Waals surface area contributed by atoms with E-state index in [0.717, 1.165) is 51.8 Å². The van der Waals surface area contributed by atoms with Gasteiger partial charge in [0.1, 0.15) is 0 Å². The van der Waals surface area contributed by atoms with Gasteiger partial charge in [-0.15, -0.1) is 0 Å². The second-order valence-electron chi connectivity index (χ2n) is 6.38. The molecule has 0 spiro atoms. The molecular formula is C19H31N3O2. The van der Waals surface area contributed by atoms with E-state index in [1.807, 2.05) is 0 Å². The second-order valence-corrected chi connectivity index (χ2v) is 6.38. The van der Waals surface area contributed by atoms with Crippen LogP contribution in [0.3, 0.4) is 0 Å². The smallest absolute Gasteiger partial charge is 0.191 e. The summed E-state index contributed by atoms with van der Waals surface area (Å²) in [6, 6.07) is 8.65. The van der Waals surface area contributed by atoms with Crippen LogP contribution in [0.15, 0.2) is 29.3 Å². The lowest BCUT2D eigenvalue weighted by molar-refractivity contribution is 0.0888. The van der Waals surface area contributed by atoms with Crippen molar-refractivity contribution in [3.05, 3.63) is 35.4 Å². The van der Waals surface area contributed by atoms with E-state index in [1.165, 1.54) is 11.1 Å². The van der Waals surface area contributed by atoms with Crippen molar-refractivity contribution >= 4 is 5.96 Å². The molecule has 0 bridgehead atoms. The zero-order chi connectivity index (χ0) is 17.2. The Morgan fingerprint density at radius 3 is 2.96 bits per heavy atom. The van der Waals surface area contributed by atoms with Gasteiger partial charge in [0.2, 0.25) is 0 Å². The second kappa shape index (κ2) is 10.3. The monoisotopic (exact) mass is 333 g/mol. The Kier molecular flexibility index (Phi) is 8.05. The Morgan fingerprint density at radius 2 is 2.25 bits per heavy atom. The molecule has 5 nitrogen and oxygen atoms in total. The van der Waals surface area contributed by atoms with Gasteiger partial charge in [-0.3, -0.25) is 4.99 Å². The van der Waals surface area contributed by atoms with Gasteiger partial charge in [-0.1, -0.05) is 24.3 Å². The standard InChI is InChI=1S/C19H31N3O2/c1-15-7-4-5-8-18(15)16(2)22-19(20-3)21-10-6-11-23-13-17-9-12-24-14-17/h4-5,7-8,16-17H,6,9-14H2,1-3H3,(H2,20,21,22). The van der Waals surface area contributed by atoms with Crippen LogP contribution in [0.25, 0.3) is 0 Å². The highest BCUT2D eigenvalue weighted by Gasteiger charge is 2.15. The number of aryl methyl sites for hydroxylation is 1. The molecule has 2 atom stereocenters. The third-order valence-corrected chi connectivity index (χ3v) is 4.37. The molecule has 5 heteroatoms. The van der Waals surface area contributed by atoms with Gasteiger partial charge in [-0.2, -0.15) is 0 Å². The van der Waals surface area contributed by atoms with E-state index in [0.29, 0.717) is 5.92 Å². The molecule has 0 radical (unpaired) electrons. The van der Waals surface area contributed by atoms with Crippen molar-refractivity contribution in [2.24, 2.45) is 10.9 Å². The zero-order valence-electron chi connectivity index (χ0n) is 15.2. The van der Waals surface area contributed by atoms with E-state index < -0.39 is 0 Å². The van der Waals surface area contributed by atoms with Crippen LogP contribution in [-0.4, -0.2) is 46.0 Å². The molecule has 2 N–H and O–H groups in total. The van der Waals surface area contributed by atoms with Crippen molar-refractivity contribution in [2.75, 3.05) is 40.0 Å². The summed E-state index contributed by atoms with van der Waals surface area (Å²) in [7, 11) is 1.80. The molecule has 1 aliphatic heterocycles. The van der Waals surface area contributed by atoms with E-state index in [4.69, 9.17) is 9.47 Å². The number of rotatable bonds is 8. The summed E-state index contributed by atoms with van der Waals surface area (Å²) in [6.45, 7) is 8.47. The first-order valence-corrected chi connectivity index (χ1v) is 8.89. The predicted octanol–water partition coefficient (Wildman–Crippen LogP) is 2.66. The van der Waals surface area contributed by atoms with Crippen molar-refractivity contribution in [2.45, 2.75) is 32.7 Å². The van der Waals surface area contributed by atoms with Crippen molar-refractivity contribution in [3.8, 4) is 0 Å². The largest absolute Gasteiger partial charge is 0.381 e. The highest BCUT2D eigenvalue weighted by Crippen LogP contribution is 2.16. The maximum Gasteiger partial charge on any atom is 0.191 e.